The number of nitrogens with one attached hydrogen (secondary N) is 1. The van der Waals surface area contributed by atoms with E-state index in [1.807, 2.05) is 0 Å². The summed E-state index contributed by atoms with van der Waals surface area (Å²) >= 11 is 0. The first-order chi connectivity index (χ1) is 7.58. The summed E-state index contributed by atoms with van der Waals surface area (Å²) in [5.41, 5.74) is 2.59. The average Bonchev–Trinajstić information content (AvgIpc) is 2.19. The van der Waals surface area contributed by atoms with Gasteiger partial charge in [0.1, 0.15) is 0 Å². The van der Waals surface area contributed by atoms with Crippen molar-refractivity contribution in [2.75, 3.05) is 26.0 Å². The van der Waals surface area contributed by atoms with E-state index in [4.69, 9.17) is 0 Å². The van der Waals surface area contributed by atoms with Gasteiger partial charge in [-0.25, -0.2) is 0 Å². The molecule has 0 radical (unpaired) electrons. The molecule has 0 bridgehead atoms. The topological polar surface area (TPSA) is 15.3 Å². The quantitative estimate of drug-likeness (QED) is 0.792. The van der Waals surface area contributed by atoms with Gasteiger partial charge in [-0.1, -0.05) is 26.0 Å². The highest BCUT2D eigenvalue weighted by Crippen LogP contribution is 2.11. The van der Waals surface area contributed by atoms with Crippen LogP contribution in [0.5, 0.6) is 0 Å². The van der Waals surface area contributed by atoms with Gasteiger partial charge in [-0.3, -0.25) is 0 Å². The van der Waals surface area contributed by atoms with E-state index in [-0.39, 0.29) is 0 Å². The van der Waals surface area contributed by atoms with Crippen molar-refractivity contribution in [3.05, 3.63) is 29.8 Å². The molecule has 0 aliphatic heterocycles. The van der Waals surface area contributed by atoms with Crippen LogP contribution in [0.2, 0.25) is 0 Å². The van der Waals surface area contributed by atoms with Crippen LogP contribution in [0, 0.1) is 5.92 Å². The SMILES string of the molecule is CC(C)CCNc1ccc(CN(C)C)cc1. The summed E-state index contributed by atoms with van der Waals surface area (Å²) in [6.07, 6.45) is 1.22. The van der Waals surface area contributed by atoms with Gasteiger partial charge >= 0.3 is 0 Å². The molecular formula is C14H24N2. The highest BCUT2D eigenvalue weighted by Gasteiger charge is 1.97. The zero-order valence-electron chi connectivity index (χ0n) is 11.0. The fourth-order valence-corrected chi connectivity index (χ4v) is 1.60. The lowest BCUT2D eigenvalue weighted by Crippen LogP contribution is -2.10. The summed E-state index contributed by atoms with van der Waals surface area (Å²) in [5.74, 6) is 0.764. The Hall–Kier alpha value is -1.02. The van der Waals surface area contributed by atoms with E-state index in [1.165, 1.54) is 17.7 Å². The molecule has 0 saturated heterocycles. The first kappa shape index (κ1) is 13.0. The molecule has 0 spiro atoms. The molecule has 0 atom stereocenters. The fraction of sp³-hybridized carbons (Fsp3) is 0.571. The Labute approximate surface area is 99.7 Å². The molecular weight excluding hydrogens is 196 g/mol. The molecule has 0 fully saturated rings. The van der Waals surface area contributed by atoms with E-state index >= 15 is 0 Å². The third kappa shape index (κ3) is 5.17. The molecule has 2 heteroatoms. The molecule has 0 aromatic heterocycles. The van der Waals surface area contributed by atoms with Crippen LogP contribution < -0.4 is 5.32 Å². The van der Waals surface area contributed by atoms with Gasteiger partial charge in [0, 0.05) is 18.8 Å². The molecule has 0 saturated carbocycles. The molecule has 0 unspecified atom stereocenters. The first-order valence-electron chi connectivity index (χ1n) is 6.05. The van der Waals surface area contributed by atoms with Crippen molar-refractivity contribution in [1.82, 2.24) is 4.90 Å². The van der Waals surface area contributed by atoms with E-state index in [0.717, 1.165) is 19.0 Å². The van der Waals surface area contributed by atoms with Crippen molar-refractivity contribution in [1.29, 1.82) is 0 Å². The largest absolute Gasteiger partial charge is 0.385 e. The second-order valence-electron chi connectivity index (χ2n) is 5.04. The average molecular weight is 220 g/mol. The minimum atomic E-state index is 0.764. The van der Waals surface area contributed by atoms with Gasteiger partial charge < -0.3 is 10.2 Å². The standard InChI is InChI=1S/C14H24N2/c1-12(2)9-10-15-14-7-5-13(6-8-14)11-16(3)4/h5-8,12,15H,9-11H2,1-4H3. The molecule has 2 nitrogen and oxygen atoms in total. The van der Waals surface area contributed by atoms with E-state index in [0.29, 0.717) is 0 Å². The van der Waals surface area contributed by atoms with Gasteiger partial charge in [0.15, 0.2) is 0 Å². The first-order valence-corrected chi connectivity index (χ1v) is 6.05. The smallest absolute Gasteiger partial charge is 0.0340 e. The Morgan fingerprint density at radius 2 is 1.75 bits per heavy atom. The highest BCUT2D eigenvalue weighted by atomic mass is 15.0. The van der Waals surface area contributed by atoms with Gasteiger partial charge in [0.2, 0.25) is 0 Å². The third-order valence-corrected chi connectivity index (χ3v) is 2.50. The van der Waals surface area contributed by atoms with Crippen LogP contribution in [0.1, 0.15) is 25.8 Å². The monoisotopic (exact) mass is 220 g/mol. The number of benzene rings is 1. The maximum absolute atomic E-state index is 3.44. The van der Waals surface area contributed by atoms with Gasteiger partial charge in [-0.15, -0.1) is 0 Å². The van der Waals surface area contributed by atoms with Gasteiger partial charge in [-0.2, -0.15) is 0 Å². The van der Waals surface area contributed by atoms with Crippen molar-refractivity contribution in [3.8, 4) is 0 Å². The van der Waals surface area contributed by atoms with Gasteiger partial charge in [-0.05, 0) is 44.1 Å². The molecule has 1 rings (SSSR count). The van der Waals surface area contributed by atoms with E-state index in [9.17, 15) is 0 Å². The van der Waals surface area contributed by atoms with Gasteiger partial charge in [0.05, 0.1) is 0 Å². The van der Waals surface area contributed by atoms with E-state index in [1.54, 1.807) is 0 Å². The third-order valence-electron chi connectivity index (χ3n) is 2.50. The van der Waals surface area contributed by atoms with Crippen LogP contribution in [0.25, 0.3) is 0 Å². The molecule has 1 N–H and O–H groups in total. The zero-order chi connectivity index (χ0) is 12.0. The van der Waals surface area contributed by atoms with Crippen LogP contribution >= 0.6 is 0 Å². The van der Waals surface area contributed by atoms with Crippen molar-refractivity contribution in [2.45, 2.75) is 26.8 Å². The summed E-state index contributed by atoms with van der Waals surface area (Å²) in [7, 11) is 4.18. The zero-order valence-corrected chi connectivity index (χ0v) is 11.0. The Kier molecular flexibility index (Phi) is 5.33. The molecule has 1 aromatic rings. The lowest BCUT2D eigenvalue weighted by molar-refractivity contribution is 0.402. The van der Waals surface area contributed by atoms with E-state index < -0.39 is 0 Å². The number of anilines is 1. The number of rotatable bonds is 6. The Bertz CT molecular complexity index is 288. The lowest BCUT2D eigenvalue weighted by Gasteiger charge is -2.11. The summed E-state index contributed by atoms with van der Waals surface area (Å²) in [6.45, 7) is 6.57. The lowest BCUT2D eigenvalue weighted by atomic mass is 10.1. The van der Waals surface area contributed by atoms with Crippen LogP contribution in [0.3, 0.4) is 0 Å². The van der Waals surface area contributed by atoms with Crippen molar-refractivity contribution < 1.29 is 0 Å². The second kappa shape index (κ2) is 6.54. The molecule has 0 amide bonds. The Morgan fingerprint density at radius 3 is 2.25 bits per heavy atom. The second-order valence-corrected chi connectivity index (χ2v) is 5.04. The summed E-state index contributed by atoms with van der Waals surface area (Å²) < 4.78 is 0. The number of nitrogens with zero attached hydrogens (tertiary/aromatic N) is 1. The molecule has 0 heterocycles. The van der Waals surface area contributed by atoms with Gasteiger partial charge in [0.25, 0.3) is 0 Å². The van der Waals surface area contributed by atoms with Crippen molar-refractivity contribution in [3.63, 3.8) is 0 Å². The molecule has 0 aliphatic carbocycles. The normalized spacial score (nSPS) is 11.1. The summed E-state index contributed by atoms with van der Waals surface area (Å²) in [5, 5.41) is 3.44. The maximum Gasteiger partial charge on any atom is 0.0340 e. The molecule has 90 valence electrons. The molecule has 1 aromatic carbocycles. The number of hydrogen-bond acceptors (Lipinski definition) is 2. The van der Waals surface area contributed by atoms with Crippen LogP contribution in [-0.2, 0) is 6.54 Å². The van der Waals surface area contributed by atoms with Crippen molar-refractivity contribution in [2.24, 2.45) is 5.92 Å². The molecule has 0 aliphatic rings. The summed E-state index contributed by atoms with van der Waals surface area (Å²) in [4.78, 5) is 2.18. The van der Waals surface area contributed by atoms with Crippen LogP contribution in [0.15, 0.2) is 24.3 Å². The fourth-order valence-electron chi connectivity index (χ4n) is 1.60. The van der Waals surface area contributed by atoms with Crippen LogP contribution in [0.4, 0.5) is 5.69 Å². The van der Waals surface area contributed by atoms with Crippen LogP contribution in [-0.4, -0.2) is 25.5 Å². The Balaban J connectivity index is 2.39. The van der Waals surface area contributed by atoms with E-state index in [2.05, 4.69) is 62.4 Å². The molecule has 16 heavy (non-hydrogen) atoms. The van der Waals surface area contributed by atoms with Crippen molar-refractivity contribution >= 4 is 5.69 Å². The highest BCUT2D eigenvalue weighted by molar-refractivity contribution is 5.44. The Morgan fingerprint density at radius 1 is 1.12 bits per heavy atom. The predicted octanol–water partition coefficient (Wildman–Crippen LogP) is 3.21. The summed E-state index contributed by atoms with van der Waals surface area (Å²) in [6, 6.07) is 8.72. The minimum Gasteiger partial charge on any atom is -0.385 e. The number of hydrogen-bond donors (Lipinski definition) is 1. The maximum atomic E-state index is 3.44. The predicted molar refractivity (Wildman–Crippen MR) is 71.8 cm³/mol. The minimum absolute atomic E-state index is 0.764.